The van der Waals surface area contributed by atoms with E-state index in [-0.39, 0.29) is 0 Å². The standard InChI is InChI=1S/C16H16N2O2/c19-16(20)14-11-5-1-2-6-12(11)17-13-8-10-4-3-7-18(9-10)15(13)14/h1-2,5-6,10H,3-4,7-9H2,(H,19,20)/t10-/m0/s1. The van der Waals surface area contributed by atoms with Gasteiger partial charge in [0, 0.05) is 18.5 Å². The van der Waals surface area contributed by atoms with Crippen molar-refractivity contribution in [3.63, 3.8) is 0 Å². The van der Waals surface area contributed by atoms with Gasteiger partial charge in [0.25, 0.3) is 0 Å². The Labute approximate surface area is 117 Å². The molecule has 4 nitrogen and oxygen atoms in total. The van der Waals surface area contributed by atoms with E-state index in [2.05, 4.69) is 4.90 Å². The van der Waals surface area contributed by atoms with Crippen molar-refractivity contribution < 1.29 is 9.90 Å². The van der Waals surface area contributed by atoms with Crippen molar-refractivity contribution in [2.24, 2.45) is 5.92 Å². The number of nitrogens with zero attached hydrogens (tertiary/aromatic N) is 2. The van der Waals surface area contributed by atoms with Gasteiger partial charge < -0.3 is 10.0 Å². The molecule has 0 unspecified atom stereocenters. The number of hydrogen-bond acceptors (Lipinski definition) is 3. The van der Waals surface area contributed by atoms with Crippen molar-refractivity contribution in [2.45, 2.75) is 19.3 Å². The second-order valence-corrected chi connectivity index (χ2v) is 5.76. The number of hydrogen-bond donors (Lipinski definition) is 1. The van der Waals surface area contributed by atoms with Crippen molar-refractivity contribution >= 4 is 22.6 Å². The molecule has 0 spiro atoms. The second kappa shape index (κ2) is 4.20. The minimum Gasteiger partial charge on any atom is -0.478 e. The molecule has 1 N–H and O–H groups in total. The van der Waals surface area contributed by atoms with E-state index in [1.807, 2.05) is 24.3 Å². The molecule has 1 fully saturated rings. The van der Waals surface area contributed by atoms with Crippen LogP contribution in [-0.4, -0.2) is 29.1 Å². The summed E-state index contributed by atoms with van der Waals surface area (Å²) in [5.74, 6) is -0.213. The first kappa shape index (κ1) is 11.7. The van der Waals surface area contributed by atoms with Crippen LogP contribution in [0.2, 0.25) is 0 Å². The summed E-state index contributed by atoms with van der Waals surface area (Å²) in [5, 5.41) is 10.4. The molecular formula is C16H16N2O2. The van der Waals surface area contributed by atoms with Crippen LogP contribution in [0.15, 0.2) is 24.3 Å². The lowest BCUT2D eigenvalue weighted by Gasteiger charge is -2.40. The lowest BCUT2D eigenvalue weighted by molar-refractivity contribution is 0.0699. The molecule has 1 aromatic carbocycles. The number of anilines is 1. The Kier molecular flexibility index (Phi) is 2.46. The van der Waals surface area contributed by atoms with Gasteiger partial charge in [-0.15, -0.1) is 0 Å². The zero-order chi connectivity index (χ0) is 13.7. The van der Waals surface area contributed by atoms with Crippen LogP contribution in [0.25, 0.3) is 10.9 Å². The molecule has 2 aromatic rings. The molecule has 2 aliphatic heterocycles. The topological polar surface area (TPSA) is 53.4 Å². The predicted molar refractivity (Wildman–Crippen MR) is 77.3 cm³/mol. The minimum absolute atomic E-state index is 0.436. The van der Waals surface area contributed by atoms with Crippen molar-refractivity contribution in [1.29, 1.82) is 0 Å². The van der Waals surface area contributed by atoms with E-state index in [9.17, 15) is 9.90 Å². The molecule has 3 heterocycles. The van der Waals surface area contributed by atoms with Crippen molar-refractivity contribution in [3.8, 4) is 0 Å². The first-order valence-corrected chi connectivity index (χ1v) is 7.14. The second-order valence-electron chi connectivity index (χ2n) is 5.76. The van der Waals surface area contributed by atoms with E-state index in [0.29, 0.717) is 11.5 Å². The Morgan fingerprint density at radius 3 is 3.05 bits per heavy atom. The summed E-state index contributed by atoms with van der Waals surface area (Å²) < 4.78 is 0. The van der Waals surface area contributed by atoms with Gasteiger partial charge in [-0.3, -0.25) is 4.98 Å². The predicted octanol–water partition coefficient (Wildman–Crippen LogP) is 2.71. The molecule has 2 bridgehead atoms. The van der Waals surface area contributed by atoms with Gasteiger partial charge in [0.2, 0.25) is 0 Å². The van der Waals surface area contributed by atoms with E-state index in [4.69, 9.17) is 4.98 Å². The Morgan fingerprint density at radius 2 is 2.20 bits per heavy atom. The van der Waals surface area contributed by atoms with E-state index < -0.39 is 5.97 Å². The Morgan fingerprint density at radius 1 is 1.35 bits per heavy atom. The average Bonchev–Trinajstić information content (AvgIpc) is 2.45. The smallest absolute Gasteiger partial charge is 0.338 e. The quantitative estimate of drug-likeness (QED) is 0.864. The lowest BCUT2D eigenvalue weighted by atomic mass is 9.86. The zero-order valence-corrected chi connectivity index (χ0v) is 11.2. The number of para-hydroxylation sites is 1. The number of carboxylic acids is 1. The van der Waals surface area contributed by atoms with Crippen molar-refractivity contribution in [2.75, 3.05) is 18.0 Å². The van der Waals surface area contributed by atoms with Crippen LogP contribution >= 0.6 is 0 Å². The maximum Gasteiger partial charge on any atom is 0.338 e. The summed E-state index contributed by atoms with van der Waals surface area (Å²) in [4.78, 5) is 18.8. The maximum absolute atomic E-state index is 11.8. The Bertz CT molecular complexity index is 711. The monoisotopic (exact) mass is 268 g/mol. The number of benzene rings is 1. The fourth-order valence-electron chi connectivity index (χ4n) is 3.66. The summed E-state index contributed by atoms with van der Waals surface area (Å²) in [7, 11) is 0. The number of aromatic carboxylic acids is 1. The van der Waals surface area contributed by atoms with Gasteiger partial charge in [-0.05, 0) is 31.2 Å². The van der Waals surface area contributed by atoms with Crippen LogP contribution in [0, 0.1) is 5.92 Å². The fourth-order valence-corrected chi connectivity index (χ4v) is 3.66. The van der Waals surface area contributed by atoms with Crippen LogP contribution in [0.5, 0.6) is 0 Å². The summed E-state index contributed by atoms with van der Waals surface area (Å²) in [5.41, 5.74) is 3.07. The van der Waals surface area contributed by atoms with Gasteiger partial charge in [-0.25, -0.2) is 4.79 Å². The molecule has 4 rings (SSSR count). The first-order chi connectivity index (χ1) is 9.74. The first-order valence-electron chi connectivity index (χ1n) is 7.14. The van der Waals surface area contributed by atoms with Gasteiger partial charge in [0.05, 0.1) is 22.5 Å². The summed E-state index contributed by atoms with van der Waals surface area (Å²) in [6, 6.07) is 7.56. The number of carboxylic acid groups (broad SMARTS) is 1. The largest absolute Gasteiger partial charge is 0.478 e. The lowest BCUT2D eigenvalue weighted by Crippen LogP contribution is -2.41. The highest BCUT2D eigenvalue weighted by Crippen LogP contribution is 2.39. The Balaban J connectivity index is 2.06. The van der Waals surface area contributed by atoms with Crippen LogP contribution in [-0.2, 0) is 6.42 Å². The van der Waals surface area contributed by atoms with Crippen LogP contribution < -0.4 is 4.90 Å². The molecule has 1 saturated heterocycles. The molecule has 20 heavy (non-hydrogen) atoms. The number of piperidine rings is 1. The minimum atomic E-state index is -0.844. The molecule has 0 saturated carbocycles. The number of fused-ring (bicyclic) bond motifs is 5. The third kappa shape index (κ3) is 1.60. The number of rotatable bonds is 1. The highest BCUT2D eigenvalue weighted by atomic mass is 16.4. The summed E-state index contributed by atoms with van der Waals surface area (Å²) in [6.07, 6.45) is 3.29. The fraction of sp³-hybridized carbons (Fsp3) is 0.375. The zero-order valence-electron chi connectivity index (χ0n) is 11.2. The normalized spacial score (nSPS) is 20.8. The van der Waals surface area contributed by atoms with Gasteiger partial charge in [-0.2, -0.15) is 0 Å². The van der Waals surface area contributed by atoms with Gasteiger partial charge >= 0.3 is 5.97 Å². The maximum atomic E-state index is 11.8. The van der Waals surface area contributed by atoms with E-state index in [1.54, 1.807) is 0 Å². The molecule has 0 amide bonds. The third-order valence-electron chi connectivity index (χ3n) is 4.47. The molecule has 4 heteroatoms. The van der Waals surface area contributed by atoms with Crippen molar-refractivity contribution in [1.82, 2.24) is 4.98 Å². The number of aromatic nitrogens is 1. The van der Waals surface area contributed by atoms with Crippen LogP contribution in [0.1, 0.15) is 28.9 Å². The van der Waals surface area contributed by atoms with Gasteiger partial charge in [0.15, 0.2) is 0 Å². The van der Waals surface area contributed by atoms with Gasteiger partial charge in [0.1, 0.15) is 0 Å². The molecule has 2 aliphatic rings. The van der Waals surface area contributed by atoms with E-state index >= 15 is 0 Å². The Hall–Kier alpha value is -2.10. The van der Waals surface area contributed by atoms with Crippen molar-refractivity contribution in [3.05, 3.63) is 35.5 Å². The molecular weight excluding hydrogens is 252 g/mol. The highest BCUT2D eigenvalue weighted by molar-refractivity contribution is 6.08. The van der Waals surface area contributed by atoms with Crippen LogP contribution in [0.3, 0.4) is 0 Å². The number of carbonyl (C=O) groups is 1. The van der Waals surface area contributed by atoms with Crippen LogP contribution in [0.4, 0.5) is 5.69 Å². The third-order valence-corrected chi connectivity index (χ3v) is 4.47. The van der Waals surface area contributed by atoms with E-state index in [1.165, 1.54) is 6.42 Å². The highest BCUT2D eigenvalue weighted by Gasteiger charge is 2.33. The molecule has 1 aromatic heterocycles. The molecule has 0 aliphatic carbocycles. The van der Waals surface area contributed by atoms with E-state index in [0.717, 1.165) is 48.2 Å². The average molecular weight is 268 g/mol. The SMILES string of the molecule is O=C(O)c1c2c(nc3ccccc13)C[C@@H]1CCCN2C1. The molecule has 102 valence electrons. The molecule has 0 radical (unpaired) electrons. The summed E-state index contributed by atoms with van der Waals surface area (Å²) in [6.45, 7) is 1.93. The summed E-state index contributed by atoms with van der Waals surface area (Å²) >= 11 is 0. The van der Waals surface area contributed by atoms with Gasteiger partial charge in [-0.1, -0.05) is 18.2 Å². The molecule has 1 atom stereocenters. The number of pyridine rings is 1.